The number of nitrogens with one attached hydrogen (secondary N) is 1. The highest BCUT2D eigenvalue weighted by molar-refractivity contribution is 5.76. The maximum absolute atomic E-state index is 11.8. The number of nitrogens with two attached hydrogens (primary N) is 1. The second kappa shape index (κ2) is 8.68. The van der Waals surface area contributed by atoms with Gasteiger partial charge in [0.25, 0.3) is 0 Å². The largest absolute Gasteiger partial charge is 0.352 e. The zero-order chi connectivity index (χ0) is 15.0. The molecule has 20 heavy (non-hydrogen) atoms. The van der Waals surface area contributed by atoms with E-state index in [1.54, 1.807) is 0 Å². The molecule has 1 amide bonds. The molecule has 0 saturated carbocycles. The molecule has 1 unspecified atom stereocenters. The van der Waals surface area contributed by atoms with Crippen LogP contribution in [0, 0.1) is 0 Å². The number of aromatic nitrogens is 2. The van der Waals surface area contributed by atoms with E-state index in [1.165, 1.54) is 0 Å². The molecule has 0 aliphatic rings. The molecule has 0 aliphatic carbocycles. The molecule has 114 valence electrons. The molecule has 0 aromatic carbocycles. The minimum absolute atomic E-state index is 0.0131. The van der Waals surface area contributed by atoms with Gasteiger partial charge in [-0.15, -0.1) is 0 Å². The van der Waals surface area contributed by atoms with Crippen LogP contribution in [0.2, 0.25) is 0 Å². The van der Waals surface area contributed by atoms with E-state index < -0.39 is 0 Å². The van der Waals surface area contributed by atoms with Gasteiger partial charge >= 0.3 is 0 Å². The monoisotopic (exact) mass is 282 g/mol. The fourth-order valence-electron chi connectivity index (χ4n) is 1.82. The Bertz CT molecular complexity index is 404. The van der Waals surface area contributed by atoms with Crippen LogP contribution in [0.3, 0.4) is 0 Å². The molecule has 3 N–H and O–H groups in total. The summed E-state index contributed by atoms with van der Waals surface area (Å²) in [5, 5.41) is 6.82. The lowest BCUT2D eigenvalue weighted by atomic mass is 10.1. The summed E-state index contributed by atoms with van der Waals surface area (Å²) < 4.78 is 5.11. The first-order valence-corrected chi connectivity index (χ1v) is 7.38. The Labute approximate surface area is 120 Å². The summed E-state index contributed by atoms with van der Waals surface area (Å²) in [7, 11) is 0. The van der Waals surface area contributed by atoms with Crippen molar-refractivity contribution in [1.29, 1.82) is 0 Å². The second-order valence-corrected chi connectivity index (χ2v) is 5.34. The van der Waals surface area contributed by atoms with Crippen molar-refractivity contribution in [2.24, 2.45) is 5.73 Å². The molecule has 1 rings (SSSR count). The molecule has 6 nitrogen and oxygen atoms in total. The van der Waals surface area contributed by atoms with E-state index in [-0.39, 0.29) is 17.9 Å². The normalized spacial score (nSPS) is 12.7. The van der Waals surface area contributed by atoms with Crippen molar-refractivity contribution in [1.82, 2.24) is 15.5 Å². The van der Waals surface area contributed by atoms with Gasteiger partial charge < -0.3 is 15.6 Å². The lowest BCUT2D eigenvalue weighted by Crippen LogP contribution is -2.40. The Morgan fingerprint density at radius 3 is 2.75 bits per heavy atom. The number of unbranched alkanes of at least 4 members (excludes halogenated alkanes) is 1. The van der Waals surface area contributed by atoms with Crippen LogP contribution < -0.4 is 11.1 Å². The number of aryl methyl sites for hydroxylation is 1. The number of nitrogens with zero attached hydrogens (tertiary/aromatic N) is 2. The van der Waals surface area contributed by atoms with Crippen molar-refractivity contribution in [2.45, 2.75) is 64.8 Å². The van der Waals surface area contributed by atoms with E-state index in [9.17, 15) is 4.79 Å². The highest BCUT2D eigenvalue weighted by atomic mass is 16.5. The summed E-state index contributed by atoms with van der Waals surface area (Å²) in [4.78, 5) is 16.1. The summed E-state index contributed by atoms with van der Waals surface area (Å²) in [5.74, 6) is 1.42. The third-order valence-corrected chi connectivity index (χ3v) is 3.12. The van der Waals surface area contributed by atoms with Crippen LogP contribution in [0.25, 0.3) is 0 Å². The molecule has 0 bridgehead atoms. The fraction of sp³-hybridized carbons (Fsp3) is 0.786. The lowest BCUT2D eigenvalue weighted by Gasteiger charge is -2.15. The molecule has 0 fully saturated rings. The zero-order valence-corrected chi connectivity index (χ0v) is 12.7. The number of rotatable bonds is 9. The summed E-state index contributed by atoms with van der Waals surface area (Å²) in [6.07, 6.45) is 3.92. The quantitative estimate of drug-likeness (QED) is 0.719. The molecule has 0 spiro atoms. The number of hydrogen-bond acceptors (Lipinski definition) is 5. The van der Waals surface area contributed by atoms with E-state index >= 15 is 0 Å². The SMILES string of the molecule is CCCCC(CN)NC(=O)CCc1nc(C(C)C)no1. The molecule has 1 heterocycles. The fourth-order valence-corrected chi connectivity index (χ4v) is 1.82. The zero-order valence-electron chi connectivity index (χ0n) is 12.7. The molecule has 1 atom stereocenters. The van der Waals surface area contributed by atoms with E-state index in [0.717, 1.165) is 19.3 Å². The Morgan fingerprint density at radius 2 is 2.20 bits per heavy atom. The van der Waals surface area contributed by atoms with Crippen LogP contribution in [0.4, 0.5) is 0 Å². The van der Waals surface area contributed by atoms with Gasteiger partial charge in [-0.1, -0.05) is 38.8 Å². The lowest BCUT2D eigenvalue weighted by molar-refractivity contribution is -0.121. The first-order chi connectivity index (χ1) is 9.56. The van der Waals surface area contributed by atoms with Crippen molar-refractivity contribution >= 4 is 5.91 Å². The summed E-state index contributed by atoms with van der Waals surface area (Å²) in [6, 6.07) is 0.0661. The van der Waals surface area contributed by atoms with Crippen LogP contribution in [0.1, 0.15) is 64.1 Å². The number of carbonyl (C=O) groups is 1. The highest BCUT2D eigenvalue weighted by Gasteiger charge is 2.13. The Hall–Kier alpha value is -1.43. The summed E-state index contributed by atoms with van der Waals surface area (Å²) in [5.41, 5.74) is 5.65. The minimum Gasteiger partial charge on any atom is -0.352 e. The van der Waals surface area contributed by atoms with Crippen molar-refractivity contribution < 1.29 is 9.32 Å². The average molecular weight is 282 g/mol. The predicted molar refractivity (Wildman–Crippen MR) is 77.2 cm³/mol. The topological polar surface area (TPSA) is 94.0 Å². The smallest absolute Gasteiger partial charge is 0.227 e. The molecular weight excluding hydrogens is 256 g/mol. The van der Waals surface area contributed by atoms with Crippen LogP contribution in [-0.2, 0) is 11.2 Å². The Morgan fingerprint density at radius 1 is 1.45 bits per heavy atom. The standard InChI is InChI=1S/C14H26N4O2/c1-4-5-6-11(9-15)16-12(19)7-8-13-17-14(10(2)3)18-20-13/h10-11H,4-9,15H2,1-3H3,(H,16,19). The van der Waals surface area contributed by atoms with Gasteiger partial charge in [-0.2, -0.15) is 4.98 Å². The molecule has 0 radical (unpaired) electrons. The first-order valence-electron chi connectivity index (χ1n) is 7.38. The van der Waals surface area contributed by atoms with Gasteiger partial charge in [0.15, 0.2) is 5.82 Å². The third kappa shape index (κ3) is 5.69. The molecule has 1 aromatic rings. The van der Waals surface area contributed by atoms with Gasteiger partial charge in [0.2, 0.25) is 11.8 Å². The van der Waals surface area contributed by atoms with Crippen LogP contribution in [0.5, 0.6) is 0 Å². The van der Waals surface area contributed by atoms with Crippen molar-refractivity contribution in [2.75, 3.05) is 6.54 Å². The van der Waals surface area contributed by atoms with Crippen molar-refractivity contribution in [3.05, 3.63) is 11.7 Å². The van der Waals surface area contributed by atoms with Crippen molar-refractivity contribution in [3.63, 3.8) is 0 Å². The molecule has 0 aliphatic heterocycles. The van der Waals surface area contributed by atoms with Crippen LogP contribution >= 0.6 is 0 Å². The molecule has 1 aromatic heterocycles. The maximum Gasteiger partial charge on any atom is 0.227 e. The number of hydrogen-bond donors (Lipinski definition) is 2. The van der Waals surface area contributed by atoms with E-state index in [0.29, 0.717) is 31.1 Å². The Kier molecular flexibility index (Phi) is 7.22. The molecule has 6 heteroatoms. The van der Waals surface area contributed by atoms with Gasteiger partial charge in [0, 0.05) is 31.3 Å². The van der Waals surface area contributed by atoms with Crippen molar-refractivity contribution in [3.8, 4) is 0 Å². The van der Waals surface area contributed by atoms with Crippen LogP contribution in [0.15, 0.2) is 4.52 Å². The maximum atomic E-state index is 11.8. The van der Waals surface area contributed by atoms with E-state index in [4.69, 9.17) is 10.3 Å². The average Bonchev–Trinajstić information content (AvgIpc) is 2.90. The highest BCUT2D eigenvalue weighted by Crippen LogP contribution is 2.10. The second-order valence-electron chi connectivity index (χ2n) is 5.34. The minimum atomic E-state index is -0.0131. The van der Waals surface area contributed by atoms with Gasteiger partial charge in [-0.25, -0.2) is 0 Å². The number of amides is 1. The number of carbonyl (C=O) groups excluding carboxylic acids is 1. The van der Waals surface area contributed by atoms with Gasteiger partial charge in [-0.05, 0) is 6.42 Å². The Balaban J connectivity index is 2.34. The van der Waals surface area contributed by atoms with E-state index in [1.807, 2.05) is 13.8 Å². The van der Waals surface area contributed by atoms with Gasteiger partial charge in [0.1, 0.15) is 0 Å². The molecule has 0 saturated heterocycles. The van der Waals surface area contributed by atoms with E-state index in [2.05, 4.69) is 22.4 Å². The third-order valence-electron chi connectivity index (χ3n) is 3.12. The van der Waals surface area contributed by atoms with Gasteiger partial charge in [0.05, 0.1) is 0 Å². The summed E-state index contributed by atoms with van der Waals surface area (Å²) >= 11 is 0. The predicted octanol–water partition coefficient (Wildman–Crippen LogP) is 1.76. The summed E-state index contributed by atoms with van der Waals surface area (Å²) in [6.45, 7) is 6.60. The van der Waals surface area contributed by atoms with Crippen LogP contribution in [-0.4, -0.2) is 28.6 Å². The van der Waals surface area contributed by atoms with Gasteiger partial charge in [-0.3, -0.25) is 4.79 Å². The first kappa shape index (κ1) is 16.6. The molecular formula is C14H26N4O2.